The highest BCUT2D eigenvalue weighted by molar-refractivity contribution is 5.62. The maximum atomic E-state index is 10.2. The zero-order valence-electron chi connectivity index (χ0n) is 5.77. The Kier molecular flexibility index (Phi) is 1.56. The SMILES string of the molecule is CC(C)=C1NCC1C=O. The number of allylic oxidation sites excluding steroid dienone is 1. The lowest BCUT2D eigenvalue weighted by molar-refractivity contribution is -0.111. The minimum atomic E-state index is 0.162. The van der Waals surface area contributed by atoms with E-state index >= 15 is 0 Å². The van der Waals surface area contributed by atoms with E-state index in [1.54, 1.807) is 0 Å². The smallest absolute Gasteiger partial charge is 0.130 e. The number of carbonyl (C=O) groups is 1. The Balaban J connectivity index is 2.64. The number of aldehydes is 1. The Morgan fingerprint density at radius 2 is 2.44 bits per heavy atom. The standard InChI is InChI=1S/C7H11NO/c1-5(2)7-6(4-9)3-8-7/h4,6,8H,3H2,1-2H3. The number of carbonyl (C=O) groups excluding carboxylic acids is 1. The molecule has 1 unspecified atom stereocenters. The molecule has 1 saturated heterocycles. The van der Waals surface area contributed by atoms with Gasteiger partial charge in [-0.05, 0) is 13.8 Å². The molecule has 0 bridgehead atoms. The van der Waals surface area contributed by atoms with Crippen LogP contribution < -0.4 is 5.32 Å². The zero-order chi connectivity index (χ0) is 6.85. The van der Waals surface area contributed by atoms with Crippen molar-refractivity contribution in [2.75, 3.05) is 6.54 Å². The van der Waals surface area contributed by atoms with Crippen LogP contribution in [0.1, 0.15) is 13.8 Å². The number of rotatable bonds is 1. The molecule has 0 aromatic heterocycles. The van der Waals surface area contributed by atoms with Crippen LogP contribution >= 0.6 is 0 Å². The third-order valence-electron chi connectivity index (χ3n) is 1.59. The number of hydrogen-bond acceptors (Lipinski definition) is 2. The first kappa shape index (κ1) is 6.33. The van der Waals surface area contributed by atoms with Crippen LogP contribution in [0.5, 0.6) is 0 Å². The third-order valence-corrected chi connectivity index (χ3v) is 1.59. The highest BCUT2D eigenvalue weighted by atomic mass is 16.1. The molecule has 0 amide bonds. The predicted octanol–water partition coefficient (Wildman–Crippen LogP) is 0.699. The minimum Gasteiger partial charge on any atom is -0.387 e. The van der Waals surface area contributed by atoms with Crippen molar-refractivity contribution >= 4 is 6.29 Å². The zero-order valence-corrected chi connectivity index (χ0v) is 5.77. The van der Waals surface area contributed by atoms with Crippen molar-refractivity contribution in [2.24, 2.45) is 5.92 Å². The molecule has 1 aliphatic heterocycles. The van der Waals surface area contributed by atoms with Gasteiger partial charge in [-0.25, -0.2) is 0 Å². The summed E-state index contributed by atoms with van der Waals surface area (Å²) in [6.07, 6.45) is 0.999. The first-order valence-electron chi connectivity index (χ1n) is 3.12. The number of hydrogen-bond donors (Lipinski definition) is 1. The molecule has 0 spiro atoms. The van der Waals surface area contributed by atoms with Crippen LogP contribution in [0.3, 0.4) is 0 Å². The second-order valence-corrected chi connectivity index (χ2v) is 2.54. The quantitative estimate of drug-likeness (QED) is 0.523. The Labute approximate surface area is 54.9 Å². The molecule has 1 N–H and O–H groups in total. The largest absolute Gasteiger partial charge is 0.387 e. The topological polar surface area (TPSA) is 29.1 Å². The van der Waals surface area contributed by atoms with Crippen molar-refractivity contribution in [3.63, 3.8) is 0 Å². The summed E-state index contributed by atoms with van der Waals surface area (Å²) in [4.78, 5) is 10.2. The van der Waals surface area contributed by atoms with Gasteiger partial charge in [0.15, 0.2) is 0 Å². The van der Waals surface area contributed by atoms with Gasteiger partial charge in [-0.2, -0.15) is 0 Å². The molecule has 1 aliphatic rings. The van der Waals surface area contributed by atoms with Gasteiger partial charge in [-0.1, -0.05) is 5.57 Å². The highest BCUT2D eigenvalue weighted by Crippen LogP contribution is 2.17. The van der Waals surface area contributed by atoms with E-state index in [2.05, 4.69) is 5.32 Å². The molecule has 0 saturated carbocycles. The first-order valence-corrected chi connectivity index (χ1v) is 3.12. The summed E-state index contributed by atoms with van der Waals surface area (Å²) in [5, 5.41) is 3.09. The lowest BCUT2D eigenvalue weighted by Crippen LogP contribution is -2.41. The van der Waals surface area contributed by atoms with E-state index in [0.29, 0.717) is 0 Å². The molecule has 1 fully saturated rings. The number of nitrogens with one attached hydrogen (secondary N) is 1. The molecule has 0 aliphatic carbocycles. The van der Waals surface area contributed by atoms with E-state index in [1.165, 1.54) is 5.57 Å². The minimum absolute atomic E-state index is 0.162. The summed E-state index contributed by atoms with van der Waals surface area (Å²) >= 11 is 0. The van der Waals surface area contributed by atoms with Gasteiger partial charge in [0.2, 0.25) is 0 Å². The van der Waals surface area contributed by atoms with Gasteiger partial charge in [0.05, 0.1) is 5.92 Å². The fourth-order valence-electron chi connectivity index (χ4n) is 0.986. The fraction of sp³-hybridized carbons (Fsp3) is 0.571. The van der Waals surface area contributed by atoms with Gasteiger partial charge in [0.25, 0.3) is 0 Å². The van der Waals surface area contributed by atoms with Crippen LogP contribution in [0.15, 0.2) is 11.3 Å². The summed E-state index contributed by atoms with van der Waals surface area (Å²) in [6.45, 7) is 4.85. The van der Waals surface area contributed by atoms with Crippen LogP contribution in [0.2, 0.25) is 0 Å². The van der Waals surface area contributed by atoms with Crippen LogP contribution in [0.4, 0.5) is 0 Å². The van der Waals surface area contributed by atoms with Crippen LogP contribution in [-0.2, 0) is 4.79 Å². The third kappa shape index (κ3) is 0.969. The molecule has 1 rings (SSSR count). The normalized spacial score (nSPS) is 24.2. The highest BCUT2D eigenvalue weighted by Gasteiger charge is 2.22. The van der Waals surface area contributed by atoms with Crippen molar-refractivity contribution in [1.82, 2.24) is 5.32 Å². The Morgan fingerprint density at radius 1 is 1.78 bits per heavy atom. The van der Waals surface area contributed by atoms with Crippen molar-refractivity contribution in [1.29, 1.82) is 0 Å². The molecular formula is C7H11NO. The van der Waals surface area contributed by atoms with Gasteiger partial charge >= 0.3 is 0 Å². The average molecular weight is 125 g/mol. The van der Waals surface area contributed by atoms with Crippen molar-refractivity contribution < 1.29 is 4.79 Å². The van der Waals surface area contributed by atoms with E-state index in [1.807, 2.05) is 13.8 Å². The van der Waals surface area contributed by atoms with Crippen molar-refractivity contribution in [3.05, 3.63) is 11.3 Å². The molecule has 2 heteroatoms. The van der Waals surface area contributed by atoms with E-state index < -0.39 is 0 Å². The monoisotopic (exact) mass is 125 g/mol. The van der Waals surface area contributed by atoms with Crippen LogP contribution in [0, 0.1) is 5.92 Å². The van der Waals surface area contributed by atoms with E-state index in [9.17, 15) is 4.79 Å². The molecule has 1 heterocycles. The maximum Gasteiger partial charge on any atom is 0.130 e. The van der Waals surface area contributed by atoms with E-state index in [-0.39, 0.29) is 5.92 Å². The lowest BCUT2D eigenvalue weighted by atomic mass is 9.96. The average Bonchev–Trinajstić information content (AvgIpc) is 1.61. The molecule has 0 radical (unpaired) electrons. The lowest BCUT2D eigenvalue weighted by Gasteiger charge is -2.28. The summed E-state index contributed by atoms with van der Waals surface area (Å²) in [7, 11) is 0. The second-order valence-electron chi connectivity index (χ2n) is 2.54. The second kappa shape index (κ2) is 2.21. The Bertz CT molecular complexity index is 156. The Morgan fingerprint density at radius 3 is 2.56 bits per heavy atom. The van der Waals surface area contributed by atoms with Crippen LogP contribution in [-0.4, -0.2) is 12.8 Å². The molecule has 0 aromatic carbocycles. The summed E-state index contributed by atoms with van der Waals surface area (Å²) in [6, 6.07) is 0. The van der Waals surface area contributed by atoms with Gasteiger partial charge in [-0.15, -0.1) is 0 Å². The van der Waals surface area contributed by atoms with Gasteiger partial charge in [0.1, 0.15) is 6.29 Å². The van der Waals surface area contributed by atoms with Gasteiger partial charge < -0.3 is 10.1 Å². The van der Waals surface area contributed by atoms with Crippen molar-refractivity contribution in [3.8, 4) is 0 Å². The molecular weight excluding hydrogens is 114 g/mol. The van der Waals surface area contributed by atoms with Gasteiger partial charge in [0, 0.05) is 12.2 Å². The van der Waals surface area contributed by atoms with Gasteiger partial charge in [-0.3, -0.25) is 0 Å². The molecule has 1 atom stereocenters. The van der Waals surface area contributed by atoms with Crippen LogP contribution in [0.25, 0.3) is 0 Å². The molecule has 50 valence electrons. The van der Waals surface area contributed by atoms with Crippen molar-refractivity contribution in [2.45, 2.75) is 13.8 Å². The summed E-state index contributed by atoms with van der Waals surface area (Å²) in [5.74, 6) is 0.162. The molecule has 0 aromatic rings. The van der Waals surface area contributed by atoms with E-state index in [0.717, 1.165) is 18.5 Å². The molecule has 2 nitrogen and oxygen atoms in total. The summed E-state index contributed by atoms with van der Waals surface area (Å²) < 4.78 is 0. The fourth-order valence-corrected chi connectivity index (χ4v) is 0.986. The Hall–Kier alpha value is -0.790. The summed E-state index contributed by atoms with van der Waals surface area (Å²) in [5.41, 5.74) is 2.34. The first-order chi connectivity index (χ1) is 4.25. The maximum absolute atomic E-state index is 10.2. The van der Waals surface area contributed by atoms with E-state index in [4.69, 9.17) is 0 Å². The molecule has 9 heavy (non-hydrogen) atoms. The predicted molar refractivity (Wildman–Crippen MR) is 35.9 cm³/mol.